The minimum atomic E-state index is -0.519. The van der Waals surface area contributed by atoms with Gasteiger partial charge in [0.1, 0.15) is 0 Å². The second kappa shape index (κ2) is 8.44. The molecule has 0 aromatic rings. The van der Waals surface area contributed by atoms with E-state index in [1.165, 1.54) is 0 Å². The summed E-state index contributed by atoms with van der Waals surface area (Å²) in [6.45, 7) is 7.49. The number of hydrogen-bond acceptors (Lipinski definition) is 4. The number of carbonyl (C=O) groups is 1. The first-order valence-corrected chi connectivity index (χ1v) is 6.12. The van der Waals surface area contributed by atoms with Gasteiger partial charge in [-0.1, -0.05) is 20.8 Å². The van der Waals surface area contributed by atoms with E-state index in [2.05, 4.69) is 10.6 Å². The lowest BCUT2D eigenvalue weighted by Gasteiger charge is -2.24. The Balaban J connectivity index is 3.60. The molecule has 0 spiro atoms. The van der Waals surface area contributed by atoms with Crippen molar-refractivity contribution in [2.24, 2.45) is 11.3 Å². The van der Waals surface area contributed by atoms with Gasteiger partial charge < -0.3 is 20.8 Å². The van der Waals surface area contributed by atoms with Gasteiger partial charge in [-0.15, -0.1) is 0 Å². The van der Waals surface area contributed by atoms with Crippen LogP contribution in [0.15, 0.2) is 0 Å². The summed E-state index contributed by atoms with van der Waals surface area (Å²) in [5.74, 6) is 0.486. The van der Waals surface area contributed by atoms with E-state index in [9.17, 15) is 4.79 Å². The van der Waals surface area contributed by atoms with Crippen molar-refractivity contribution >= 4 is 5.91 Å². The van der Waals surface area contributed by atoms with Crippen LogP contribution in [0.1, 0.15) is 27.2 Å². The van der Waals surface area contributed by atoms with Gasteiger partial charge in [-0.05, 0) is 5.92 Å². The molecule has 0 aromatic heterocycles. The molecule has 5 nitrogen and oxygen atoms in total. The molecule has 17 heavy (non-hydrogen) atoms. The minimum Gasteiger partial charge on any atom is -0.396 e. The third kappa shape index (κ3) is 8.12. The maximum Gasteiger partial charge on any atom is 0.221 e. The number of rotatable bonds is 9. The summed E-state index contributed by atoms with van der Waals surface area (Å²) in [4.78, 5) is 11.4. The number of amides is 1. The van der Waals surface area contributed by atoms with Gasteiger partial charge in [-0.2, -0.15) is 0 Å². The van der Waals surface area contributed by atoms with Gasteiger partial charge in [0.05, 0.1) is 13.2 Å². The van der Waals surface area contributed by atoms with E-state index >= 15 is 0 Å². The highest BCUT2D eigenvalue weighted by Crippen LogP contribution is 2.11. The molecule has 0 radical (unpaired) electrons. The maximum absolute atomic E-state index is 11.4. The van der Waals surface area contributed by atoms with Crippen LogP contribution in [0.3, 0.4) is 0 Å². The number of carbonyl (C=O) groups excluding carboxylic acids is 1. The van der Waals surface area contributed by atoms with Crippen LogP contribution in [0.4, 0.5) is 0 Å². The van der Waals surface area contributed by atoms with E-state index in [-0.39, 0.29) is 19.1 Å². The molecule has 0 atom stereocenters. The molecular weight excluding hydrogens is 220 g/mol. The van der Waals surface area contributed by atoms with Crippen molar-refractivity contribution < 1.29 is 15.0 Å². The third-order valence-corrected chi connectivity index (χ3v) is 2.55. The molecular formula is C12H26N2O3. The van der Waals surface area contributed by atoms with Gasteiger partial charge in [0.2, 0.25) is 5.91 Å². The summed E-state index contributed by atoms with van der Waals surface area (Å²) in [6, 6.07) is 0. The molecule has 0 aliphatic heterocycles. The van der Waals surface area contributed by atoms with E-state index in [4.69, 9.17) is 10.2 Å². The molecule has 0 heterocycles. The Hall–Kier alpha value is -0.650. The molecule has 4 N–H and O–H groups in total. The zero-order valence-corrected chi connectivity index (χ0v) is 11.1. The van der Waals surface area contributed by atoms with E-state index in [1.807, 2.05) is 13.8 Å². The van der Waals surface area contributed by atoms with Crippen molar-refractivity contribution in [2.75, 3.05) is 32.8 Å². The highest BCUT2D eigenvalue weighted by Gasteiger charge is 2.21. The summed E-state index contributed by atoms with van der Waals surface area (Å²) in [6.07, 6.45) is 0.416. The summed E-state index contributed by atoms with van der Waals surface area (Å²) in [5.41, 5.74) is -0.519. The van der Waals surface area contributed by atoms with Crippen LogP contribution >= 0.6 is 0 Å². The van der Waals surface area contributed by atoms with Crippen LogP contribution in [-0.4, -0.2) is 49.0 Å². The highest BCUT2D eigenvalue weighted by atomic mass is 16.3. The Bertz CT molecular complexity index is 216. The average Bonchev–Trinajstić information content (AvgIpc) is 2.31. The quantitative estimate of drug-likeness (QED) is 0.422. The smallest absolute Gasteiger partial charge is 0.221 e. The molecule has 0 aromatic carbocycles. The van der Waals surface area contributed by atoms with Crippen molar-refractivity contribution in [3.05, 3.63) is 0 Å². The van der Waals surface area contributed by atoms with Crippen LogP contribution in [0.2, 0.25) is 0 Å². The molecule has 0 aliphatic rings. The van der Waals surface area contributed by atoms with Gasteiger partial charge >= 0.3 is 0 Å². The molecule has 0 saturated heterocycles. The summed E-state index contributed by atoms with van der Waals surface area (Å²) < 4.78 is 0. The lowest BCUT2D eigenvalue weighted by Crippen LogP contribution is -2.39. The van der Waals surface area contributed by atoms with E-state index in [0.717, 1.165) is 0 Å². The first kappa shape index (κ1) is 16.4. The summed E-state index contributed by atoms with van der Waals surface area (Å²) in [5, 5.41) is 24.0. The number of hydrogen-bond donors (Lipinski definition) is 4. The molecule has 0 bridgehead atoms. The lowest BCUT2D eigenvalue weighted by atomic mass is 9.93. The number of aliphatic hydroxyl groups is 2. The van der Waals surface area contributed by atoms with Crippen molar-refractivity contribution in [1.29, 1.82) is 0 Å². The molecule has 5 heteroatoms. The zero-order valence-electron chi connectivity index (χ0n) is 11.1. The third-order valence-electron chi connectivity index (χ3n) is 2.55. The van der Waals surface area contributed by atoms with Crippen LogP contribution in [0.5, 0.6) is 0 Å². The normalized spacial score (nSPS) is 11.9. The monoisotopic (exact) mass is 246 g/mol. The molecule has 0 fully saturated rings. The van der Waals surface area contributed by atoms with E-state index in [1.54, 1.807) is 6.92 Å². The fraction of sp³-hybridized carbons (Fsp3) is 0.917. The van der Waals surface area contributed by atoms with Crippen LogP contribution in [0.25, 0.3) is 0 Å². The van der Waals surface area contributed by atoms with Crippen molar-refractivity contribution in [3.8, 4) is 0 Å². The molecule has 0 rings (SSSR count). The largest absolute Gasteiger partial charge is 0.396 e. The van der Waals surface area contributed by atoms with Crippen LogP contribution in [0, 0.1) is 11.3 Å². The molecule has 102 valence electrons. The fourth-order valence-corrected chi connectivity index (χ4v) is 1.16. The van der Waals surface area contributed by atoms with Crippen molar-refractivity contribution in [3.63, 3.8) is 0 Å². The Morgan fingerprint density at radius 3 is 2.35 bits per heavy atom. The Morgan fingerprint density at radius 2 is 1.88 bits per heavy atom. The van der Waals surface area contributed by atoms with Crippen molar-refractivity contribution in [1.82, 2.24) is 10.6 Å². The summed E-state index contributed by atoms with van der Waals surface area (Å²) >= 11 is 0. The predicted molar refractivity (Wildman–Crippen MR) is 67.6 cm³/mol. The molecule has 1 amide bonds. The van der Waals surface area contributed by atoms with E-state index in [0.29, 0.717) is 32.0 Å². The van der Waals surface area contributed by atoms with Gasteiger partial charge in [0, 0.05) is 31.5 Å². The lowest BCUT2D eigenvalue weighted by molar-refractivity contribution is -0.121. The predicted octanol–water partition coefficient (Wildman–Crippen LogP) is -0.271. The molecule has 0 unspecified atom stereocenters. The Kier molecular flexibility index (Phi) is 8.12. The van der Waals surface area contributed by atoms with Crippen LogP contribution in [-0.2, 0) is 4.79 Å². The van der Waals surface area contributed by atoms with Gasteiger partial charge in [-0.25, -0.2) is 0 Å². The van der Waals surface area contributed by atoms with Gasteiger partial charge in [-0.3, -0.25) is 4.79 Å². The minimum absolute atomic E-state index is 0.0286. The maximum atomic E-state index is 11.4. The topological polar surface area (TPSA) is 81.6 Å². The second-order valence-electron chi connectivity index (χ2n) is 5.25. The van der Waals surface area contributed by atoms with Crippen molar-refractivity contribution in [2.45, 2.75) is 27.2 Å². The first-order valence-electron chi connectivity index (χ1n) is 6.12. The van der Waals surface area contributed by atoms with E-state index < -0.39 is 5.41 Å². The van der Waals surface area contributed by atoms with Gasteiger partial charge in [0.25, 0.3) is 0 Å². The Labute approximate surface area is 104 Å². The average molecular weight is 246 g/mol. The highest BCUT2D eigenvalue weighted by molar-refractivity contribution is 5.76. The number of aliphatic hydroxyl groups excluding tert-OH is 2. The van der Waals surface area contributed by atoms with Gasteiger partial charge in [0.15, 0.2) is 0 Å². The van der Waals surface area contributed by atoms with Crippen LogP contribution < -0.4 is 10.6 Å². The first-order chi connectivity index (χ1) is 7.93. The summed E-state index contributed by atoms with van der Waals surface area (Å²) in [7, 11) is 0. The number of nitrogens with one attached hydrogen (secondary N) is 2. The standard InChI is InChI=1S/C12H26N2O3/c1-10(2)6-14-11(17)4-5-13-7-12(3,8-15)9-16/h10,13,15-16H,4-9H2,1-3H3,(H,14,17). The molecule has 0 saturated carbocycles. The molecule has 0 aliphatic carbocycles. The fourth-order valence-electron chi connectivity index (χ4n) is 1.16. The Morgan fingerprint density at radius 1 is 1.29 bits per heavy atom. The second-order valence-corrected chi connectivity index (χ2v) is 5.25. The zero-order chi connectivity index (χ0) is 13.3. The SMILES string of the molecule is CC(C)CNC(=O)CCNCC(C)(CO)CO.